The van der Waals surface area contributed by atoms with Crippen LogP contribution in [0.1, 0.15) is 28.3 Å². The molecule has 1 unspecified atom stereocenters. The van der Waals surface area contributed by atoms with E-state index in [9.17, 15) is 4.79 Å². The molecule has 3 nitrogen and oxygen atoms in total. The summed E-state index contributed by atoms with van der Waals surface area (Å²) in [6.45, 7) is 1.98. The Morgan fingerprint density at radius 2 is 2.27 bits per heavy atom. The van der Waals surface area contributed by atoms with Crippen LogP contribution in [0.2, 0.25) is 0 Å². The second-order valence-electron chi connectivity index (χ2n) is 3.77. The lowest BCUT2D eigenvalue weighted by atomic mass is 9.93. The molecule has 0 bridgehead atoms. The van der Waals surface area contributed by atoms with Crippen molar-refractivity contribution in [1.29, 1.82) is 0 Å². The van der Waals surface area contributed by atoms with Gasteiger partial charge in [-0.2, -0.15) is 0 Å². The lowest BCUT2D eigenvalue weighted by molar-refractivity contribution is 0.0599. The first-order chi connectivity index (χ1) is 7.33. The number of rotatable bonds is 2. The molecule has 1 aromatic rings. The molecule has 1 heterocycles. The van der Waals surface area contributed by atoms with Crippen molar-refractivity contribution in [2.24, 2.45) is 0 Å². The van der Waals surface area contributed by atoms with E-state index >= 15 is 0 Å². The first kappa shape index (κ1) is 10.2. The molecule has 0 amide bonds. The number of hydrogen-bond acceptors (Lipinski definition) is 3. The van der Waals surface area contributed by atoms with Gasteiger partial charge in [-0.3, -0.25) is 0 Å². The van der Waals surface area contributed by atoms with Crippen LogP contribution in [0.5, 0.6) is 0 Å². The molecule has 1 atom stereocenters. The molecule has 15 heavy (non-hydrogen) atoms. The van der Waals surface area contributed by atoms with Crippen LogP contribution in [0.4, 0.5) is 0 Å². The molecule has 1 saturated heterocycles. The predicted molar refractivity (Wildman–Crippen MR) is 58.0 cm³/mol. The predicted octanol–water partition coefficient (Wildman–Crippen LogP) is 1.55. The minimum Gasteiger partial charge on any atom is -0.465 e. The SMILES string of the molecule is COC(=O)c1ccccc1C1CCNC1. The Bertz CT molecular complexity index is 356. The number of methoxy groups -OCH3 is 1. The quantitative estimate of drug-likeness (QED) is 0.744. The van der Waals surface area contributed by atoms with Gasteiger partial charge in [0.15, 0.2) is 0 Å². The van der Waals surface area contributed by atoms with E-state index in [-0.39, 0.29) is 5.97 Å². The molecule has 1 aliphatic heterocycles. The third-order valence-corrected chi connectivity index (χ3v) is 2.87. The summed E-state index contributed by atoms with van der Waals surface area (Å²) in [5.74, 6) is 0.206. The van der Waals surface area contributed by atoms with Gasteiger partial charge in [0.25, 0.3) is 0 Å². The monoisotopic (exact) mass is 205 g/mol. The van der Waals surface area contributed by atoms with Gasteiger partial charge in [0, 0.05) is 6.54 Å². The summed E-state index contributed by atoms with van der Waals surface area (Å²) in [5.41, 5.74) is 1.81. The molecule has 80 valence electrons. The normalized spacial score (nSPS) is 20.2. The van der Waals surface area contributed by atoms with Crippen molar-refractivity contribution in [3.63, 3.8) is 0 Å². The zero-order valence-electron chi connectivity index (χ0n) is 8.82. The van der Waals surface area contributed by atoms with Crippen molar-refractivity contribution >= 4 is 5.97 Å². The van der Waals surface area contributed by atoms with E-state index in [1.54, 1.807) is 0 Å². The maximum atomic E-state index is 11.5. The van der Waals surface area contributed by atoms with E-state index < -0.39 is 0 Å². The standard InChI is InChI=1S/C12H15NO2/c1-15-12(14)11-5-3-2-4-10(11)9-6-7-13-8-9/h2-5,9,13H,6-8H2,1H3. The Labute approximate surface area is 89.4 Å². The molecule has 2 rings (SSSR count). The van der Waals surface area contributed by atoms with Gasteiger partial charge in [-0.1, -0.05) is 18.2 Å². The highest BCUT2D eigenvalue weighted by molar-refractivity contribution is 5.91. The second kappa shape index (κ2) is 4.45. The number of ether oxygens (including phenoxy) is 1. The Hall–Kier alpha value is -1.35. The van der Waals surface area contributed by atoms with Gasteiger partial charge >= 0.3 is 5.97 Å². The van der Waals surface area contributed by atoms with E-state index in [1.165, 1.54) is 7.11 Å². The van der Waals surface area contributed by atoms with Crippen LogP contribution in [-0.4, -0.2) is 26.2 Å². The molecule has 0 aromatic heterocycles. The van der Waals surface area contributed by atoms with Gasteiger partial charge < -0.3 is 10.1 Å². The van der Waals surface area contributed by atoms with Gasteiger partial charge in [-0.15, -0.1) is 0 Å². The molecule has 1 N–H and O–H groups in total. The molecule has 0 radical (unpaired) electrons. The Morgan fingerprint density at radius 1 is 1.47 bits per heavy atom. The van der Waals surface area contributed by atoms with Crippen LogP contribution in [0.15, 0.2) is 24.3 Å². The molecule has 1 aliphatic rings. The van der Waals surface area contributed by atoms with Gasteiger partial charge in [0.1, 0.15) is 0 Å². The summed E-state index contributed by atoms with van der Waals surface area (Å²) in [5, 5.41) is 3.30. The maximum absolute atomic E-state index is 11.5. The molecule has 1 aromatic carbocycles. The molecule has 3 heteroatoms. The van der Waals surface area contributed by atoms with Crippen molar-refractivity contribution < 1.29 is 9.53 Å². The van der Waals surface area contributed by atoms with Gasteiger partial charge in [0.2, 0.25) is 0 Å². The first-order valence-corrected chi connectivity index (χ1v) is 5.21. The number of hydrogen-bond donors (Lipinski definition) is 1. The van der Waals surface area contributed by atoms with Crippen LogP contribution in [0.25, 0.3) is 0 Å². The van der Waals surface area contributed by atoms with Crippen molar-refractivity contribution in [2.45, 2.75) is 12.3 Å². The third-order valence-electron chi connectivity index (χ3n) is 2.87. The number of esters is 1. The first-order valence-electron chi connectivity index (χ1n) is 5.21. The van der Waals surface area contributed by atoms with E-state index in [2.05, 4.69) is 5.32 Å². The van der Waals surface area contributed by atoms with Crippen molar-refractivity contribution in [2.75, 3.05) is 20.2 Å². The summed E-state index contributed by atoms with van der Waals surface area (Å²) >= 11 is 0. The molecule has 0 aliphatic carbocycles. The minimum absolute atomic E-state index is 0.238. The zero-order valence-corrected chi connectivity index (χ0v) is 8.82. The lowest BCUT2D eigenvalue weighted by Crippen LogP contribution is -2.12. The lowest BCUT2D eigenvalue weighted by Gasteiger charge is -2.12. The average Bonchev–Trinajstić information content (AvgIpc) is 2.81. The largest absolute Gasteiger partial charge is 0.465 e. The van der Waals surface area contributed by atoms with Gasteiger partial charge in [-0.05, 0) is 30.5 Å². The number of carbonyl (C=O) groups is 1. The second-order valence-corrected chi connectivity index (χ2v) is 3.77. The summed E-state index contributed by atoms with van der Waals surface area (Å²) in [6, 6.07) is 7.70. The van der Waals surface area contributed by atoms with Crippen molar-refractivity contribution in [3.05, 3.63) is 35.4 Å². The minimum atomic E-state index is -0.238. The van der Waals surface area contributed by atoms with Crippen LogP contribution in [-0.2, 0) is 4.74 Å². The summed E-state index contributed by atoms with van der Waals surface area (Å²) in [6.07, 6.45) is 1.09. The maximum Gasteiger partial charge on any atom is 0.338 e. The van der Waals surface area contributed by atoms with Gasteiger partial charge in [0.05, 0.1) is 12.7 Å². The summed E-state index contributed by atoms with van der Waals surface area (Å²) < 4.78 is 4.78. The number of nitrogens with one attached hydrogen (secondary N) is 1. The fraction of sp³-hybridized carbons (Fsp3) is 0.417. The highest BCUT2D eigenvalue weighted by Crippen LogP contribution is 2.25. The van der Waals surface area contributed by atoms with E-state index in [0.717, 1.165) is 25.1 Å². The Morgan fingerprint density at radius 3 is 2.93 bits per heavy atom. The molecular weight excluding hydrogens is 190 g/mol. The number of benzene rings is 1. The molecule has 0 spiro atoms. The average molecular weight is 205 g/mol. The van der Waals surface area contributed by atoms with Crippen LogP contribution < -0.4 is 5.32 Å². The van der Waals surface area contributed by atoms with Crippen molar-refractivity contribution in [3.8, 4) is 0 Å². The highest BCUT2D eigenvalue weighted by Gasteiger charge is 2.21. The van der Waals surface area contributed by atoms with Crippen LogP contribution in [0.3, 0.4) is 0 Å². The van der Waals surface area contributed by atoms with E-state index in [4.69, 9.17) is 4.74 Å². The number of carbonyl (C=O) groups excluding carboxylic acids is 1. The van der Waals surface area contributed by atoms with Gasteiger partial charge in [-0.25, -0.2) is 4.79 Å². The third kappa shape index (κ3) is 2.02. The zero-order chi connectivity index (χ0) is 10.7. The fourth-order valence-corrected chi connectivity index (χ4v) is 2.07. The van der Waals surface area contributed by atoms with E-state index in [0.29, 0.717) is 11.5 Å². The van der Waals surface area contributed by atoms with Crippen molar-refractivity contribution in [1.82, 2.24) is 5.32 Å². The molecule has 1 fully saturated rings. The molecule has 0 saturated carbocycles. The summed E-state index contributed by atoms with van der Waals surface area (Å²) in [7, 11) is 1.42. The fourth-order valence-electron chi connectivity index (χ4n) is 2.07. The topological polar surface area (TPSA) is 38.3 Å². The van der Waals surface area contributed by atoms with E-state index in [1.807, 2.05) is 24.3 Å². The highest BCUT2D eigenvalue weighted by atomic mass is 16.5. The Balaban J connectivity index is 2.32. The summed E-state index contributed by atoms with van der Waals surface area (Å²) in [4.78, 5) is 11.5. The van der Waals surface area contributed by atoms with Crippen LogP contribution in [0, 0.1) is 0 Å². The molecular formula is C12H15NO2. The van der Waals surface area contributed by atoms with Crippen LogP contribution >= 0.6 is 0 Å². The Kier molecular flexibility index (Phi) is 3.02. The smallest absolute Gasteiger partial charge is 0.338 e.